The number of thiocarbonyl (C=S) groups is 1. The first kappa shape index (κ1) is 15.8. The maximum atomic E-state index is 11.8. The van der Waals surface area contributed by atoms with E-state index >= 15 is 0 Å². The zero-order valence-electron chi connectivity index (χ0n) is 12.0. The standard InChI is InChI=1S/C16H13IN2OS2/c1-9-7-11(8-14-15(20)18-16(21)22-14)10(2)19(9)13-5-3-12(17)4-6-13/h3-8H,1-2H3,(H,18,20,21)/b14-8-. The van der Waals surface area contributed by atoms with Gasteiger partial charge in [0.2, 0.25) is 0 Å². The highest BCUT2D eigenvalue weighted by Gasteiger charge is 2.22. The highest BCUT2D eigenvalue weighted by atomic mass is 127. The van der Waals surface area contributed by atoms with Gasteiger partial charge in [0.15, 0.2) is 0 Å². The first-order valence-electron chi connectivity index (χ1n) is 6.65. The van der Waals surface area contributed by atoms with Gasteiger partial charge in [0.05, 0.1) is 4.91 Å². The number of carbonyl (C=O) groups is 1. The van der Waals surface area contributed by atoms with Crippen LogP contribution in [0.4, 0.5) is 0 Å². The lowest BCUT2D eigenvalue weighted by atomic mass is 10.2. The monoisotopic (exact) mass is 440 g/mol. The highest BCUT2D eigenvalue weighted by molar-refractivity contribution is 14.1. The van der Waals surface area contributed by atoms with Crippen molar-refractivity contribution in [1.82, 2.24) is 9.88 Å². The molecule has 0 spiro atoms. The van der Waals surface area contributed by atoms with Gasteiger partial charge in [-0.1, -0.05) is 24.0 Å². The molecule has 0 aliphatic carbocycles. The average Bonchev–Trinajstić information content (AvgIpc) is 2.92. The lowest BCUT2D eigenvalue weighted by Gasteiger charge is -2.09. The third kappa shape index (κ3) is 3.00. The molecule has 3 nitrogen and oxygen atoms in total. The summed E-state index contributed by atoms with van der Waals surface area (Å²) in [7, 11) is 0. The number of carbonyl (C=O) groups excluding carboxylic acids is 1. The zero-order chi connectivity index (χ0) is 15.9. The first-order valence-corrected chi connectivity index (χ1v) is 8.96. The third-order valence-electron chi connectivity index (χ3n) is 3.48. The minimum atomic E-state index is -0.117. The van der Waals surface area contributed by atoms with E-state index in [1.807, 2.05) is 6.08 Å². The van der Waals surface area contributed by atoms with E-state index in [4.69, 9.17) is 12.2 Å². The van der Waals surface area contributed by atoms with Gasteiger partial charge < -0.3 is 9.88 Å². The maximum absolute atomic E-state index is 11.8. The highest BCUT2D eigenvalue weighted by Crippen LogP contribution is 2.29. The van der Waals surface area contributed by atoms with Crippen molar-refractivity contribution in [2.75, 3.05) is 0 Å². The topological polar surface area (TPSA) is 34.0 Å². The molecular weight excluding hydrogens is 427 g/mol. The Bertz CT molecular complexity index is 806. The van der Waals surface area contributed by atoms with Crippen LogP contribution < -0.4 is 5.32 Å². The summed E-state index contributed by atoms with van der Waals surface area (Å²) in [6.45, 7) is 4.13. The van der Waals surface area contributed by atoms with Crippen LogP contribution >= 0.6 is 46.6 Å². The van der Waals surface area contributed by atoms with E-state index in [2.05, 4.69) is 76.7 Å². The van der Waals surface area contributed by atoms with Gasteiger partial charge in [0.1, 0.15) is 4.32 Å². The summed E-state index contributed by atoms with van der Waals surface area (Å²) in [6, 6.07) is 10.5. The minimum Gasteiger partial charge on any atom is -0.318 e. The van der Waals surface area contributed by atoms with Crippen LogP contribution in [0.2, 0.25) is 0 Å². The quantitative estimate of drug-likeness (QED) is 0.432. The number of aryl methyl sites for hydroxylation is 1. The van der Waals surface area contributed by atoms with Crippen LogP contribution in [0.15, 0.2) is 35.2 Å². The number of benzene rings is 1. The summed E-state index contributed by atoms with van der Waals surface area (Å²) in [6.07, 6.45) is 1.91. The molecule has 0 saturated carbocycles. The number of amides is 1. The van der Waals surface area contributed by atoms with Crippen LogP contribution in [0.1, 0.15) is 17.0 Å². The Morgan fingerprint density at radius 1 is 1.27 bits per heavy atom. The minimum absolute atomic E-state index is 0.117. The van der Waals surface area contributed by atoms with Gasteiger partial charge in [-0.25, -0.2) is 0 Å². The van der Waals surface area contributed by atoms with Gasteiger partial charge in [-0.15, -0.1) is 0 Å². The van der Waals surface area contributed by atoms with Crippen molar-refractivity contribution in [3.8, 4) is 5.69 Å². The average molecular weight is 440 g/mol. The third-order valence-corrected chi connectivity index (χ3v) is 5.37. The first-order chi connectivity index (χ1) is 10.5. The summed E-state index contributed by atoms with van der Waals surface area (Å²) in [5.74, 6) is -0.117. The Hall–Kier alpha value is -1.12. The van der Waals surface area contributed by atoms with Crippen LogP contribution in [0, 0.1) is 17.4 Å². The predicted octanol–water partition coefficient (Wildman–Crippen LogP) is 4.19. The number of thioether (sulfide) groups is 1. The molecule has 1 aromatic heterocycles. The lowest BCUT2D eigenvalue weighted by molar-refractivity contribution is -0.115. The molecule has 2 aromatic rings. The van der Waals surface area contributed by atoms with Crippen molar-refractivity contribution in [3.05, 3.63) is 55.8 Å². The van der Waals surface area contributed by atoms with E-state index in [0.29, 0.717) is 9.23 Å². The molecule has 112 valence electrons. The molecule has 1 amide bonds. The van der Waals surface area contributed by atoms with Crippen molar-refractivity contribution < 1.29 is 4.79 Å². The van der Waals surface area contributed by atoms with Crippen molar-refractivity contribution in [3.63, 3.8) is 0 Å². The summed E-state index contributed by atoms with van der Waals surface area (Å²) in [4.78, 5) is 12.5. The number of hydrogen-bond donors (Lipinski definition) is 1. The van der Waals surface area contributed by atoms with Crippen molar-refractivity contribution >= 4 is 62.9 Å². The molecule has 1 aliphatic heterocycles. The molecular formula is C16H13IN2OS2. The number of nitrogens with zero attached hydrogens (tertiary/aromatic N) is 1. The fourth-order valence-electron chi connectivity index (χ4n) is 2.48. The normalized spacial score (nSPS) is 16.4. The van der Waals surface area contributed by atoms with E-state index in [9.17, 15) is 4.79 Å². The fourth-order valence-corrected chi connectivity index (χ4v) is 3.88. The molecule has 6 heteroatoms. The maximum Gasteiger partial charge on any atom is 0.263 e. The summed E-state index contributed by atoms with van der Waals surface area (Å²) in [5, 5.41) is 2.65. The number of hydrogen-bond acceptors (Lipinski definition) is 3. The van der Waals surface area contributed by atoms with Gasteiger partial charge in [-0.05, 0) is 78.4 Å². The van der Waals surface area contributed by atoms with E-state index in [1.54, 1.807) is 0 Å². The number of aromatic nitrogens is 1. The van der Waals surface area contributed by atoms with Crippen molar-refractivity contribution in [1.29, 1.82) is 0 Å². The molecule has 1 aromatic carbocycles. The van der Waals surface area contributed by atoms with Crippen molar-refractivity contribution in [2.45, 2.75) is 13.8 Å². The SMILES string of the molecule is Cc1cc(/C=C2\SC(=S)NC2=O)c(C)n1-c1ccc(I)cc1. The van der Waals surface area contributed by atoms with Gasteiger partial charge >= 0.3 is 0 Å². The molecule has 22 heavy (non-hydrogen) atoms. The van der Waals surface area contributed by atoms with Gasteiger partial charge in [-0.2, -0.15) is 0 Å². The Morgan fingerprint density at radius 2 is 1.95 bits per heavy atom. The molecule has 1 fully saturated rings. The lowest BCUT2D eigenvalue weighted by Crippen LogP contribution is -2.17. The molecule has 1 N–H and O–H groups in total. The van der Waals surface area contributed by atoms with Crippen molar-refractivity contribution in [2.24, 2.45) is 0 Å². The van der Waals surface area contributed by atoms with Crippen LogP contribution in [0.25, 0.3) is 11.8 Å². The molecule has 2 heterocycles. The molecule has 0 unspecified atom stereocenters. The van der Waals surface area contributed by atoms with Gasteiger partial charge in [0, 0.05) is 20.6 Å². The molecule has 3 rings (SSSR count). The molecule has 0 bridgehead atoms. The molecule has 1 aliphatic rings. The number of rotatable bonds is 2. The molecule has 0 radical (unpaired) electrons. The smallest absolute Gasteiger partial charge is 0.263 e. The number of nitrogens with one attached hydrogen (secondary N) is 1. The number of halogens is 1. The zero-order valence-corrected chi connectivity index (χ0v) is 15.8. The Kier molecular flexibility index (Phi) is 4.42. The molecule has 1 saturated heterocycles. The summed E-state index contributed by atoms with van der Waals surface area (Å²) < 4.78 is 3.92. The Morgan fingerprint density at radius 3 is 2.55 bits per heavy atom. The van der Waals surface area contributed by atoms with Gasteiger partial charge in [0.25, 0.3) is 5.91 Å². The Balaban J connectivity index is 2.04. The summed E-state index contributed by atoms with van der Waals surface area (Å²) in [5.41, 5.74) is 4.41. The molecule has 0 atom stereocenters. The van der Waals surface area contributed by atoms with Crippen LogP contribution in [-0.4, -0.2) is 14.8 Å². The van der Waals surface area contributed by atoms with Gasteiger partial charge in [-0.3, -0.25) is 4.79 Å². The van der Waals surface area contributed by atoms with Crippen LogP contribution in [0.5, 0.6) is 0 Å². The van der Waals surface area contributed by atoms with E-state index in [1.165, 1.54) is 15.3 Å². The second-order valence-corrected chi connectivity index (χ2v) is 7.96. The second kappa shape index (κ2) is 6.17. The predicted molar refractivity (Wildman–Crippen MR) is 104 cm³/mol. The van der Waals surface area contributed by atoms with E-state index in [-0.39, 0.29) is 5.91 Å². The van der Waals surface area contributed by atoms with Crippen LogP contribution in [0.3, 0.4) is 0 Å². The second-order valence-electron chi connectivity index (χ2n) is 4.99. The Labute approximate surface area is 152 Å². The van der Waals surface area contributed by atoms with E-state index in [0.717, 1.165) is 22.6 Å². The fraction of sp³-hybridized carbons (Fsp3) is 0.125. The largest absolute Gasteiger partial charge is 0.318 e. The summed E-state index contributed by atoms with van der Waals surface area (Å²) >= 11 is 8.64. The van der Waals surface area contributed by atoms with E-state index < -0.39 is 0 Å². The van der Waals surface area contributed by atoms with Crippen LogP contribution in [-0.2, 0) is 4.79 Å².